The lowest BCUT2D eigenvalue weighted by Crippen LogP contribution is -2.32. The first-order valence-electron chi connectivity index (χ1n) is 11.5. The van der Waals surface area contributed by atoms with Crippen LogP contribution in [-0.2, 0) is 14.3 Å². The molecule has 1 heterocycles. The lowest BCUT2D eigenvalue weighted by Gasteiger charge is -2.15. The number of ether oxygens (including phenoxy) is 2. The van der Waals surface area contributed by atoms with Crippen molar-refractivity contribution >= 4 is 46.7 Å². The van der Waals surface area contributed by atoms with Gasteiger partial charge in [-0.2, -0.15) is 0 Å². The highest BCUT2D eigenvalue weighted by molar-refractivity contribution is 6.53. The van der Waals surface area contributed by atoms with Gasteiger partial charge in [0.2, 0.25) is 0 Å². The van der Waals surface area contributed by atoms with Crippen LogP contribution in [-0.4, -0.2) is 30.4 Å². The van der Waals surface area contributed by atoms with Gasteiger partial charge in [0.25, 0.3) is 11.8 Å². The van der Waals surface area contributed by atoms with Crippen LogP contribution in [0.5, 0.6) is 5.75 Å². The number of carbonyl (C=O) groups is 4. The molecule has 1 aliphatic rings. The van der Waals surface area contributed by atoms with Crippen molar-refractivity contribution in [1.29, 1.82) is 0 Å². The highest BCUT2D eigenvalue weighted by Gasteiger charge is 2.39. The minimum atomic E-state index is -0.700. The smallest absolute Gasteiger partial charge is 0.343 e. The van der Waals surface area contributed by atoms with Crippen molar-refractivity contribution in [3.63, 3.8) is 0 Å². The Morgan fingerprint density at radius 2 is 1.43 bits per heavy atom. The molecule has 0 unspecified atom stereocenters. The van der Waals surface area contributed by atoms with Gasteiger partial charge in [-0.3, -0.25) is 9.59 Å². The zero-order valence-electron chi connectivity index (χ0n) is 20.1. The van der Waals surface area contributed by atoms with Crippen LogP contribution in [0.3, 0.4) is 0 Å². The fraction of sp³-hybridized carbons (Fsp3) is 0.143. The fourth-order valence-electron chi connectivity index (χ4n) is 3.48. The van der Waals surface area contributed by atoms with Gasteiger partial charge >= 0.3 is 11.9 Å². The normalized spacial score (nSPS) is 13.1. The van der Waals surface area contributed by atoms with Crippen LogP contribution in [0.25, 0.3) is 0 Å². The summed E-state index contributed by atoms with van der Waals surface area (Å²) in [7, 11) is 0. The van der Waals surface area contributed by atoms with E-state index in [0.717, 1.165) is 10.5 Å². The molecule has 3 aromatic rings. The third kappa shape index (κ3) is 5.70. The topological polar surface area (TPSA) is 102 Å². The number of anilines is 2. The molecule has 9 heteroatoms. The highest BCUT2D eigenvalue weighted by Crippen LogP contribution is 2.30. The van der Waals surface area contributed by atoms with Crippen molar-refractivity contribution in [2.45, 2.75) is 20.3 Å². The van der Waals surface area contributed by atoms with Gasteiger partial charge in [-0.25, -0.2) is 14.5 Å². The number of nitrogens with one attached hydrogen (secondary N) is 1. The summed E-state index contributed by atoms with van der Waals surface area (Å²) in [6.45, 7) is 4.12. The molecule has 1 aliphatic heterocycles. The van der Waals surface area contributed by atoms with Gasteiger partial charge in [-0.05, 0) is 74.0 Å². The molecule has 0 atom stereocenters. The van der Waals surface area contributed by atoms with Crippen LogP contribution in [0.15, 0.2) is 83.5 Å². The summed E-state index contributed by atoms with van der Waals surface area (Å²) in [5.74, 6) is -1.95. The van der Waals surface area contributed by atoms with Crippen molar-refractivity contribution in [3.05, 3.63) is 100 Å². The van der Waals surface area contributed by atoms with Gasteiger partial charge in [-0.1, -0.05) is 36.2 Å². The zero-order valence-corrected chi connectivity index (χ0v) is 20.9. The number of amides is 2. The summed E-state index contributed by atoms with van der Waals surface area (Å²) in [5.41, 5.74) is 2.25. The van der Waals surface area contributed by atoms with Gasteiger partial charge < -0.3 is 14.8 Å². The third-order valence-electron chi connectivity index (χ3n) is 5.45. The summed E-state index contributed by atoms with van der Waals surface area (Å²) >= 11 is 6.20. The average Bonchev–Trinajstić information content (AvgIpc) is 3.12. The van der Waals surface area contributed by atoms with Gasteiger partial charge in [0.15, 0.2) is 0 Å². The van der Waals surface area contributed by atoms with Gasteiger partial charge in [0.05, 0.1) is 23.4 Å². The van der Waals surface area contributed by atoms with E-state index in [1.165, 1.54) is 36.4 Å². The molecule has 0 spiro atoms. The Kier molecular flexibility index (Phi) is 7.69. The Morgan fingerprint density at radius 1 is 0.838 bits per heavy atom. The van der Waals surface area contributed by atoms with Crippen LogP contribution in [0.1, 0.15) is 39.6 Å². The molecule has 2 amide bonds. The van der Waals surface area contributed by atoms with E-state index in [1.807, 2.05) is 26.0 Å². The monoisotopic (exact) mass is 518 g/mol. The molecule has 0 radical (unpaired) electrons. The lowest BCUT2D eigenvalue weighted by molar-refractivity contribution is -0.120. The molecule has 1 N–H and O–H groups in total. The van der Waals surface area contributed by atoms with E-state index in [0.29, 0.717) is 35.6 Å². The summed E-state index contributed by atoms with van der Waals surface area (Å²) in [5, 5.41) is 2.58. The Balaban J connectivity index is 1.43. The quantitative estimate of drug-likeness (QED) is 0.248. The molecule has 188 valence electrons. The van der Waals surface area contributed by atoms with E-state index in [-0.39, 0.29) is 16.4 Å². The fourth-order valence-corrected chi connectivity index (χ4v) is 3.69. The summed E-state index contributed by atoms with van der Waals surface area (Å²) in [4.78, 5) is 51.1. The second-order valence-corrected chi connectivity index (χ2v) is 8.60. The number of aryl methyl sites for hydroxylation is 1. The largest absolute Gasteiger partial charge is 0.462 e. The molecule has 8 nitrogen and oxygen atoms in total. The predicted octanol–water partition coefficient (Wildman–Crippen LogP) is 5.22. The minimum Gasteiger partial charge on any atom is -0.462 e. The van der Waals surface area contributed by atoms with Crippen molar-refractivity contribution in [2.75, 3.05) is 16.8 Å². The Hall–Kier alpha value is -4.43. The maximum Gasteiger partial charge on any atom is 0.343 e. The third-order valence-corrected chi connectivity index (χ3v) is 5.80. The summed E-state index contributed by atoms with van der Waals surface area (Å²) in [6.07, 6.45) is 0.695. The molecule has 0 bridgehead atoms. The van der Waals surface area contributed by atoms with Crippen molar-refractivity contribution < 1.29 is 28.7 Å². The Morgan fingerprint density at radius 3 is 2.05 bits per heavy atom. The molecule has 0 fully saturated rings. The number of benzene rings is 3. The summed E-state index contributed by atoms with van der Waals surface area (Å²) < 4.78 is 10.4. The van der Waals surface area contributed by atoms with Gasteiger partial charge in [-0.15, -0.1) is 0 Å². The lowest BCUT2D eigenvalue weighted by atomic mass is 10.2. The van der Waals surface area contributed by atoms with Crippen LogP contribution < -0.4 is 15.0 Å². The molecular weight excluding hydrogens is 496 g/mol. The van der Waals surface area contributed by atoms with E-state index in [4.69, 9.17) is 21.1 Å². The van der Waals surface area contributed by atoms with E-state index in [9.17, 15) is 19.2 Å². The number of nitrogens with zero attached hydrogens (tertiary/aromatic N) is 1. The van der Waals surface area contributed by atoms with Crippen LogP contribution in [0, 0.1) is 6.92 Å². The van der Waals surface area contributed by atoms with Crippen LogP contribution in [0.2, 0.25) is 0 Å². The molecule has 3 aromatic carbocycles. The number of imide groups is 1. The SMILES string of the molecule is CCCOC(=O)c1ccc(N2C(=O)C(Cl)=C(Nc3ccc(C(=O)Oc4ccc(C)cc4)cc3)C2=O)cc1. The van der Waals surface area contributed by atoms with E-state index >= 15 is 0 Å². The highest BCUT2D eigenvalue weighted by atomic mass is 35.5. The van der Waals surface area contributed by atoms with E-state index < -0.39 is 23.8 Å². The number of hydrogen-bond donors (Lipinski definition) is 1. The van der Waals surface area contributed by atoms with Crippen LogP contribution in [0.4, 0.5) is 11.4 Å². The number of esters is 2. The molecule has 0 aromatic heterocycles. The molecule has 0 saturated heterocycles. The molecule has 37 heavy (non-hydrogen) atoms. The molecular formula is C28H23ClN2O6. The minimum absolute atomic E-state index is 0.104. The first-order chi connectivity index (χ1) is 17.8. The predicted molar refractivity (Wildman–Crippen MR) is 139 cm³/mol. The van der Waals surface area contributed by atoms with E-state index in [1.54, 1.807) is 24.3 Å². The first-order valence-corrected chi connectivity index (χ1v) is 11.9. The molecule has 0 aliphatic carbocycles. The van der Waals surface area contributed by atoms with Gasteiger partial charge in [0.1, 0.15) is 16.5 Å². The maximum atomic E-state index is 13.0. The molecule has 4 rings (SSSR count). The van der Waals surface area contributed by atoms with Crippen molar-refractivity contribution in [3.8, 4) is 5.75 Å². The second kappa shape index (κ2) is 11.1. The van der Waals surface area contributed by atoms with Crippen molar-refractivity contribution in [2.24, 2.45) is 0 Å². The standard InChI is InChI=1S/C28H23ClN2O6/c1-3-16-36-27(34)18-8-12-21(13-9-18)31-25(32)23(29)24(26(31)33)30-20-10-6-19(7-11-20)28(35)37-22-14-4-17(2)5-15-22/h4-15,30H,3,16H2,1-2H3. The first kappa shape index (κ1) is 25.7. The van der Waals surface area contributed by atoms with Gasteiger partial charge in [0, 0.05) is 5.69 Å². The number of rotatable bonds is 8. The maximum absolute atomic E-state index is 13.0. The van der Waals surface area contributed by atoms with Crippen molar-refractivity contribution in [1.82, 2.24) is 0 Å². The number of hydrogen-bond acceptors (Lipinski definition) is 7. The Bertz CT molecular complexity index is 1380. The zero-order chi connectivity index (χ0) is 26.5. The summed E-state index contributed by atoms with van der Waals surface area (Å²) in [6, 6.07) is 19.2. The average molecular weight is 519 g/mol. The van der Waals surface area contributed by atoms with E-state index in [2.05, 4.69) is 5.32 Å². The molecule has 0 saturated carbocycles. The second-order valence-electron chi connectivity index (χ2n) is 8.22. The number of carbonyl (C=O) groups excluding carboxylic acids is 4. The van der Waals surface area contributed by atoms with Crippen LogP contribution >= 0.6 is 11.6 Å². The Labute approximate surface area is 218 Å². The number of halogens is 1.